The summed E-state index contributed by atoms with van der Waals surface area (Å²) in [6, 6.07) is 2.24. The van der Waals surface area contributed by atoms with Gasteiger partial charge in [0.05, 0.1) is 18.9 Å². The summed E-state index contributed by atoms with van der Waals surface area (Å²) < 4.78 is 5.44. The minimum atomic E-state index is 0.0109. The Balaban J connectivity index is 2.14. The molecule has 0 amide bonds. The highest BCUT2D eigenvalue weighted by molar-refractivity contribution is 5.55. The highest BCUT2D eigenvalue weighted by Crippen LogP contribution is 2.23. The number of rotatable bonds is 5. The number of hydrogen-bond donors (Lipinski definition) is 1. The van der Waals surface area contributed by atoms with E-state index in [1.165, 1.54) is 0 Å². The molecule has 1 fully saturated rings. The number of anilines is 1. The van der Waals surface area contributed by atoms with Crippen molar-refractivity contribution in [2.45, 2.75) is 39.7 Å². The van der Waals surface area contributed by atoms with Gasteiger partial charge in [-0.05, 0) is 32.8 Å². The van der Waals surface area contributed by atoms with Crippen LogP contribution in [0.4, 0.5) is 5.82 Å². The molecule has 22 heavy (non-hydrogen) atoms. The summed E-state index contributed by atoms with van der Waals surface area (Å²) in [5, 5.41) is 21.0. The van der Waals surface area contributed by atoms with E-state index in [9.17, 15) is 5.26 Å². The van der Waals surface area contributed by atoms with Gasteiger partial charge in [0, 0.05) is 25.2 Å². The Morgan fingerprint density at radius 1 is 1.32 bits per heavy atom. The maximum atomic E-state index is 9.37. The van der Waals surface area contributed by atoms with Crippen molar-refractivity contribution in [3.05, 3.63) is 16.8 Å². The quantitative estimate of drug-likeness (QED) is 0.895. The van der Waals surface area contributed by atoms with E-state index >= 15 is 0 Å². The Hall–Kier alpha value is -1.71. The molecule has 1 unspecified atom stereocenters. The van der Waals surface area contributed by atoms with Crippen LogP contribution in [0.1, 0.15) is 37.1 Å². The fourth-order valence-electron chi connectivity index (χ4n) is 2.71. The normalized spacial score (nSPS) is 18.5. The number of ether oxygens (including phenoxy) is 1. The number of hydrogen-bond acceptors (Lipinski definition) is 6. The van der Waals surface area contributed by atoms with E-state index in [1.807, 2.05) is 13.8 Å². The van der Waals surface area contributed by atoms with Crippen molar-refractivity contribution in [3.63, 3.8) is 0 Å². The van der Waals surface area contributed by atoms with Gasteiger partial charge < -0.3 is 10.1 Å². The molecule has 0 aromatic carbocycles. The third kappa shape index (κ3) is 3.37. The number of morpholine rings is 1. The van der Waals surface area contributed by atoms with Crippen molar-refractivity contribution in [3.8, 4) is 6.07 Å². The van der Waals surface area contributed by atoms with Gasteiger partial charge in [-0.3, -0.25) is 4.90 Å². The minimum absolute atomic E-state index is 0.0109. The Bertz CT molecular complexity index is 562. The van der Waals surface area contributed by atoms with E-state index in [1.54, 1.807) is 0 Å². The summed E-state index contributed by atoms with van der Waals surface area (Å²) in [5.74, 6) is 0.582. The van der Waals surface area contributed by atoms with Crippen LogP contribution in [0.25, 0.3) is 0 Å². The number of nitrogens with one attached hydrogen (secondary N) is 1. The van der Waals surface area contributed by atoms with Crippen LogP contribution in [0.5, 0.6) is 0 Å². The largest absolute Gasteiger partial charge is 0.379 e. The summed E-state index contributed by atoms with van der Waals surface area (Å²) in [6.07, 6.45) is 1.01. The second kappa shape index (κ2) is 7.03. The topological polar surface area (TPSA) is 74.1 Å². The molecule has 2 heterocycles. The molecule has 1 atom stereocenters. The lowest BCUT2D eigenvalue weighted by Gasteiger charge is -2.43. The van der Waals surface area contributed by atoms with Crippen molar-refractivity contribution in [1.29, 1.82) is 5.26 Å². The number of aryl methyl sites for hydroxylation is 1. The maximum Gasteiger partial charge on any atom is 0.166 e. The molecule has 1 aliphatic rings. The molecule has 6 nitrogen and oxygen atoms in total. The van der Waals surface area contributed by atoms with Gasteiger partial charge in [-0.1, -0.05) is 6.92 Å². The van der Waals surface area contributed by atoms with E-state index in [2.05, 4.69) is 40.3 Å². The number of nitrogens with zero attached hydrogens (tertiary/aromatic N) is 4. The molecule has 1 N–H and O–H groups in total. The second-order valence-corrected chi connectivity index (χ2v) is 6.05. The first-order valence-electron chi connectivity index (χ1n) is 7.82. The lowest BCUT2D eigenvalue weighted by atomic mass is 9.95. The van der Waals surface area contributed by atoms with Crippen LogP contribution in [0.15, 0.2) is 0 Å². The summed E-state index contributed by atoms with van der Waals surface area (Å²) in [4.78, 5) is 2.45. The van der Waals surface area contributed by atoms with Crippen LogP contribution >= 0.6 is 0 Å². The van der Waals surface area contributed by atoms with Gasteiger partial charge in [0.25, 0.3) is 0 Å². The van der Waals surface area contributed by atoms with Crippen LogP contribution < -0.4 is 5.32 Å². The van der Waals surface area contributed by atoms with E-state index in [0.717, 1.165) is 50.5 Å². The van der Waals surface area contributed by atoms with Crippen LogP contribution in [0.2, 0.25) is 0 Å². The van der Waals surface area contributed by atoms with Gasteiger partial charge in [-0.2, -0.15) is 10.4 Å². The molecular weight excluding hydrogens is 278 g/mol. The SMILES string of the molecule is CCC(C)(CNc1nnc(C)c(C)c1C#N)N1CCOCC1. The van der Waals surface area contributed by atoms with Gasteiger partial charge in [0.15, 0.2) is 5.82 Å². The summed E-state index contributed by atoms with van der Waals surface area (Å²) in [6.45, 7) is 12.4. The van der Waals surface area contributed by atoms with Crippen molar-refractivity contribution < 1.29 is 4.74 Å². The predicted molar refractivity (Wildman–Crippen MR) is 85.8 cm³/mol. The van der Waals surface area contributed by atoms with E-state index < -0.39 is 0 Å². The van der Waals surface area contributed by atoms with Gasteiger partial charge >= 0.3 is 0 Å². The zero-order valence-electron chi connectivity index (χ0n) is 13.9. The lowest BCUT2D eigenvalue weighted by molar-refractivity contribution is -0.0131. The molecular formula is C16H25N5O. The van der Waals surface area contributed by atoms with Gasteiger partial charge in [-0.15, -0.1) is 5.10 Å². The third-order valence-corrected chi connectivity index (χ3v) is 4.74. The number of nitriles is 1. The lowest BCUT2D eigenvalue weighted by Crippen LogP contribution is -2.55. The van der Waals surface area contributed by atoms with Crippen LogP contribution in [-0.4, -0.2) is 53.5 Å². The van der Waals surface area contributed by atoms with Crippen LogP contribution in [0.3, 0.4) is 0 Å². The molecule has 6 heteroatoms. The summed E-state index contributed by atoms with van der Waals surface area (Å²) >= 11 is 0. The highest BCUT2D eigenvalue weighted by atomic mass is 16.5. The molecule has 0 saturated carbocycles. The Kier molecular flexibility index (Phi) is 5.33. The summed E-state index contributed by atoms with van der Waals surface area (Å²) in [5.41, 5.74) is 2.29. The van der Waals surface area contributed by atoms with Gasteiger partial charge in [0.2, 0.25) is 0 Å². The Morgan fingerprint density at radius 3 is 2.59 bits per heavy atom. The second-order valence-electron chi connectivity index (χ2n) is 6.05. The molecule has 0 bridgehead atoms. The van der Waals surface area contributed by atoms with Crippen molar-refractivity contribution in [1.82, 2.24) is 15.1 Å². The first-order chi connectivity index (χ1) is 10.5. The van der Waals surface area contributed by atoms with Crippen molar-refractivity contribution in [2.75, 3.05) is 38.2 Å². The first kappa shape index (κ1) is 16.7. The van der Waals surface area contributed by atoms with Crippen molar-refractivity contribution >= 4 is 5.82 Å². The zero-order chi connectivity index (χ0) is 16.2. The fourth-order valence-corrected chi connectivity index (χ4v) is 2.71. The fraction of sp³-hybridized carbons (Fsp3) is 0.688. The average Bonchev–Trinajstić information content (AvgIpc) is 2.56. The Morgan fingerprint density at radius 2 is 2.00 bits per heavy atom. The van der Waals surface area contributed by atoms with Crippen LogP contribution in [0, 0.1) is 25.2 Å². The third-order valence-electron chi connectivity index (χ3n) is 4.74. The van der Waals surface area contributed by atoms with E-state index in [0.29, 0.717) is 11.4 Å². The smallest absolute Gasteiger partial charge is 0.166 e. The average molecular weight is 303 g/mol. The minimum Gasteiger partial charge on any atom is -0.379 e. The standard InChI is InChI=1S/C16H25N5O/c1-5-16(4,21-6-8-22-9-7-21)11-18-15-14(10-17)12(2)13(3)19-20-15/h5-9,11H2,1-4H3,(H,18,20). The molecule has 2 rings (SSSR count). The molecule has 120 valence electrons. The zero-order valence-corrected chi connectivity index (χ0v) is 13.9. The maximum absolute atomic E-state index is 9.37. The van der Waals surface area contributed by atoms with Gasteiger partial charge in [0.1, 0.15) is 11.6 Å². The highest BCUT2D eigenvalue weighted by Gasteiger charge is 2.31. The van der Waals surface area contributed by atoms with Crippen molar-refractivity contribution in [2.24, 2.45) is 0 Å². The predicted octanol–water partition coefficient (Wildman–Crippen LogP) is 1.88. The number of aromatic nitrogens is 2. The summed E-state index contributed by atoms with van der Waals surface area (Å²) in [7, 11) is 0. The van der Waals surface area contributed by atoms with E-state index in [-0.39, 0.29) is 5.54 Å². The van der Waals surface area contributed by atoms with Gasteiger partial charge in [-0.25, -0.2) is 0 Å². The molecule has 0 radical (unpaired) electrons. The molecule has 1 aromatic rings. The van der Waals surface area contributed by atoms with E-state index in [4.69, 9.17) is 4.74 Å². The molecule has 0 aliphatic carbocycles. The van der Waals surface area contributed by atoms with Crippen LogP contribution in [-0.2, 0) is 4.74 Å². The molecule has 1 saturated heterocycles. The monoisotopic (exact) mass is 303 g/mol. The molecule has 0 spiro atoms. The molecule has 1 aliphatic heterocycles. The molecule has 1 aromatic heterocycles. The first-order valence-corrected chi connectivity index (χ1v) is 7.82. The Labute approximate surface area is 132 Å².